The average Bonchev–Trinajstić information content (AvgIpc) is 2.62. The molecule has 2 amide bonds. The minimum atomic E-state index is -0.664. The standard InChI is InChI=1S/C20H27BrN2O5/c1-6-8-14-16(19(24)28-11(3)4)17(23-20(25)22-14)12-9-13(21)18(27-7-2)15(10-12)26-5/h9-11,17H,6-8H2,1-5H3,(H2,22,23,25). The summed E-state index contributed by atoms with van der Waals surface area (Å²) in [5.41, 5.74) is 1.66. The van der Waals surface area contributed by atoms with Crippen molar-refractivity contribution in [3.63, 3.8) is 0 Å². The maximum absolute atomic E-state index is 12.9. The molecule has 1 unspecified atom stereocenters. The Morgan fingerprint density at radius 3 is 2.57 bits per heavy atom. The van der Waals surface area contributed by atoms with Crippen molar-refractivity contribution < 1.29 is 23.8 Å². The second kappa shape index (κ2) is 9.82. The van der Waals surface area contributed by atoms with Crippen LogP contribution >= 0.6 is 15.9 Å². The first kappa shape index (κ1) is 22.1. The van der Waals surface area contributed by atoms with E-state index in [4.69, 9.17) is 14.2 Å². The van der Waals surface area contributed by atoms with E-state index in [-0.39, 0.29) is 12.1 Å². The molecule has 1 aliphatic heterocycles. The van der Waals surface area contributed by atoms with Gasteiger partial charge in [-0.2, -0.15) is 0 Å². The summed E-state index contributed by atoms with van der Waals surface area (Å²) in [6, 6.07) is 2.55. The van der Waals surface area contributed by atoms with Gasteiger partial charge in [0.1, 0.15) is 0 Å². The number of hydrogen-bond donors (Lipinski definition) is 2. The molecule has 0 saturated carbocycles. The van der Waals surface area contributed by atoms with Crippen molar-refractivity contribution in [2.45, 2.75) is 52.7 Å². The first-order valence-electron chi connectivity index (χ1n) is 9.34. The van der Waals surface area contributed by atoms with Crippen LogP contribution in [0.2, 0.25) is 0 Å². The van der Waals surface area contributed by atoms with E-state index in [1.54, 1.807) is 27.0 Å². The summed E-state index contributed by atoms with van der Waals surface area (Å²) in [5.74, 6) is 0.616. The largest absolute Gasteiger partial charge is 0.493 e. The van der Waals surface area contributed by atoms with Gasteiger partial charge in [0.05, 0.1) is 35.9 Å². The highest BCUT2D eigenvalue weighted by molar-refractivity contribution is 9.10. The van der Waals surface area contributed by atoms with Gasteiger partial charge in [0.2, 0.25) is 0 Å². The third-order valence-corrected chi connectivity index (χ3v) is 4.68. The summed E-state index contributed by atoms with van der Waals surface area (Å²) in [5, 5.41) is 5.59. The Balaban J connectivity index is 2.59. The summed E-state index contributed by atoms with van der Waals surface area (Å²) in [7, 11) is 1.54. The van der Waals surface area contributed by atoms with Crippen molar-refractivity contribution in [1.82, 2.24) is 10.6 Å². The van der Waals surface area contributed by atoms with Crippen molar-refractivity contribution in [3.05, 3.63) is 33.4 Å². The smallest absolute Gasteiger partial charge is 0.338 e. The van der Waals surface area contributed by atoms with Crippen LogP contribution in [-0.4, -0.2) is 31.8 Å². The molecule has 0 aliphatic carbocycles. The van der Waals surface area contributed by atoms with Gasteiger partial charge < -0.3 is 24.8 Å². The van der Waals surface area contributed by atoms with Crippen molar-refractivity contribution in [2.75, 3.05) is 13.7 Å². The van der Waals surface area contributed by atoms with E-state index in [0.717, 1.165) is 6.42 Å². The predicted molar refractivity (Wildman–Crippen MR) is 109 cm³/mol. The van der Waals surface area contributed by atoms with Crippen LogP contribution in [0.1, 0.15) is 52.1 Å². The second-order valence-electron chi connectivity index (χ2n) is 6.59. The van der Waals surface area contributed by atoms with Gasteiger partial charge in [-0.25, -0.2) is 9.59 Å². The van der Waals surface area contributed by atoms with Crippen LogP contribution in [0.5, 0.6) is 11.5 Å². The van der Waals surface area contributed by atoms with E-state index in [0.29, 0.717) is 45.8 Å². The first-order chi connectivity index (χ1) is 13.3. The van der Waals surface area contributed by atoms with Crippen LogP contribution in [0.4, 0.5) is 4.79 Å². The van der Waals surface area contributed by atoms with Crippen molar-refractivity contribution in [2.24, 2.45) is 0 Å². The number of esters is 1. The summed E-state index contributed by atoms with van der Waals surface area (Å²) in [6.45, 7) is 7.92. The number of ether oxygens (including phenoxy) is 3. The highest BCUT2D eigenvalue weighted by Crippen LogP contribution is 2.40. The zero-order valence-electron chi connectivity index (χ0n) is 16.8. The predicted octanol–water partition coefficient (Wildman–Crippen LogP) is 4.22. The monoisotopic (exact) mass is 454 g/mol. The van der Waals surface area contributed by atoms with E-state index in [1.807, 2.05) is 19.9 Å². The van der Waals surface area contributed by atoms with Crippen LogP contribution in [0.25, 0.3) is 0 Å². The maximum atomic E-state index is 12.9. The Morgan fingerprint density at radius 2 is 2.00 bits per heavy atom. The highest BCUT2D eigenvalue weighted by Gasteiger charge is 2.34. The van der Waals surface area contributed by atoms with Crippen molar-refractivity contribution in [3.8, 4) is 11.5 Å². The molecule has 2 N–H and O–H groups in total. The lowest BCUT2D eigenvalue weighted by atomic mass is 9.93. The van der Waals surface area contributed by atoms with Gasteiger partial charge in [0, 0.05) is 5.70 Å². The lowest BCUT2D eigenvalue weighted by molar-refractivity contribution is -0.143. The average molecular weight is 455 g/mol. The lowest BCUT2D eigenvalue weighted by Gasteiger charge is -2.30. The number of methoxy groups -OCH3 is 1. The molecule has 7 nitrogen and oxygen atoms in total. The topological polar surface area (TPSA) is 85.9 Å². The SMILES string of the molecule is CCCC1=C(C(=O)OC(C)C)C(c2cc(Br)c(OCC)c(OC)c2)NC(=O)N1. The Kier molecular flexibility index (Phi) is 7.74. The van der Waals surface area contributed by atoms with Gasteiger partial charge in [0.15, 0.2) is 11.5 Å². The Labute approximate surface area is 173 Å². The minimum Gasteiger partial charge on any atom is -0.493 e. The van der Waals surface area contributed by atoms with Gasteiger partial charge in [-0.1, -0.05) is 13.3 Å². The molecule has 0 bridgehead atoms. The number of urea groups is 1. The highest BCUT2D eigenvalue weighted by atomic mass is 79.9. The minimum absolute atomic E-state index is 0.275. The van der Waals surface area contributed by atoms with E-state index < -0.39 is 12.0 Å². The number of nitrogens with one attached hydrogen (secondary N) is 2. The number of allylic oxidation sites excluding steroid dienone is 1. The quantitative estimate of drug-likeness (QED) is 0.574. The molecule has 2 rings (SSSR count). The molecule has 0 saturated heterocycles. The molecule has 0 aromatic heterocycles. The Morgan fingerprint density at radius 1 is 1.29 bits per heavy atom. The molecule has 1 aromatic carbocycles. The van der Waals surface area contributed by atoms with Gasteiger partial charge in [-0.3, -0.25) is 0 Å². The number of amides is 2. The lowest BCUT2D eigenvalue weighted by Crippen LogP contribution is -2.46. The van der Waals surface area contributed by atoms with Crippen LogP contribution in [0.3, 0.4) is 0 Å². The third kappa shape index (κ3) is 4.98. The zero-order chi connectivity index (χ0) is 20.8. The number of benzene rings is 1. The second-order valence-corrected chi connectivity index (χ2v) is 7.45. The first-order valence-corrected chi connectivity index (χ1v) is 10.1. The van der Waals surface area contributed by atoms with Gasteiger partial charge in [-0.15, -0.1) is 0 Å². The fourth-order valence-corrected chi connectivity index (χ4v) is 3.60. The number of hydrogen-bond acceptors (Lipinski definition) is 5. The molecule has 1 aromatic rings. The van der Waals surface area contributed by atoms with Crippen molar-refractivity contribution in [1.29, 1.82) is 0 Å². The van der Waals surface area contributed by atoms with Crippen LogP contribution in [0.15, 0.2) is 27.9 Å². The van der Waals surface area contributed by atoms with Gasteiger partial charge in [-0.05, 0) is 60.8 Å². The molecule has 154 valence electrons. The molecule has 1 atom stereocenters. The Hall–Kier alpha value is -2.22. The number of rotatable bonds is 8. The molecule has 0 fully saturated rings. The van der Waals surface area contributed by atoms with Crippen LogP contribution in [0, 0.1) is 0 Å². The van der Waals surface area contributed by atoms with Crippen molar-refractivity contribution >= 4 is 27.9 Å². The summed E-state index contributed by atoms with van der Waals surface area (Å²) in [6.07, 6.45) is 1.06. The summed E-state index contributed by atoms with van der Waals surface area (Å²) < 4.78 is 17.2. The summed E-state index contributed by atoms with van der Waals surface area (Å²) >= 11 is 3.50. The third-order valence-electron chi connectivity index (χ3n) is 4.09. The van der Waals surface area contributed by atoms with Crippen LogP contribution < -0.4 is 20.1 Å². The van der Waals surface area contributed by atoms with E-state index in [2.05, 4.69) is 26.6 Å². The molecular formula is C20H27BrN2O5. The fraction of sp³-hybridized carbons (Fsp3) is 0.500. The van der Waals surface area contributed by atoms with E-state index in [9.17, 15) is 9.59 Å². The molecule has 0 spiro atoms. The maximum Gasteiger partial charge on any atom is 0.338 e. The molecule has 1 heterocycles. The molecule has 0 radical (unpaired) electrons. The van der Waals surface area contributed by atoms with Gasteiger partial charge >= 0.3 is 12.0 Å². The molecule has 28 heavy (non-hydrogen) atoms. The fourth-order valence-electron chi connectivity index (χ4n) is 3.02. The van der Waals surface area contributed by atoms with Crippen LogP contribution in [-0.2, 0) is 9.53 Å². The summed E-state index contributed by atoms with van der Waals surface area (Å²) in [4.78, 5) is 25.1. The van der Waals surface area contributed by atoms with Gasteiger partial charge in [0.25, 0.3) is 0 Å². The normalized spacial score (nSPS) is 16.5. The molecule has 1 aliphatic rings. The molecular weight excluding hydrogens is 428 g/mol. The van der Waals surface area contributed by atoms with E-state index >= 15 is 0 Å². The number of carbonyl (C=O) groups excluding carboxylic acids is 2. The zero-order valence-corrected chi connectivity index (χ0v) is 18.4. The Bertz CT molecular complexity index is 776. The number of halogens is 1. The van der Waals surface area contributed by atoms with E-state index in [1.165, 1.54) is 0 Å². The molecule has 8 heteroatoms. The number of carbonyl (C=O) groups is 2.